The number of nitrogens with one attached hydrogen (secondary N) is 2. The molecule has 0 spiro atoms. The van der Waals surface area contributed by atoms with Crippen molar-refractivity contribution >= 4 is 11.8 Å². The maximum Gasteiger partial charge on any atom is 0.231 e. The van der Waals surface area contributed by atoms with Gasteiger partial charge >= 0.3 is 0 Å². The summed E-state index contributed by atoms with van der Waals surface area (Å²) in [5.74, 6) is 0.746. The molecule has 2 aliphatic rings. The summed E-state index contributed by atoms with van der Waals surface area (Å²) >= 11 is 0. The highest BCUT2D eigenvalue weighted by Crippen LogP contribution is 2.35. The van der Waals surface area contributed by atoms with E-state index < -0.39 is 0 Å². The first-order chi connectivity index (χ1) is 14.3. The average molecular weight is 413 g/mol. The first kappa shape index (κ1) is 20.6. The highest BCUT2D eigenvalue weighted by Gasteiger charge is 2.35. The number of hydrogen-bond acceptors (Lipinski definition) is 4. The van der Waals surface area contributed by atoms with Gasteiger partial charge < -0.3 is 9.80 Å². The number of carbonyl (C=O) groups excluding carboxylic acids is 2. The Hall–Kier alpha value is -2.64. The Bertz CT molecular complexity index is 844. The zero-order valence-electron chi connectivity index (χ0n) is 18.3. The van der Waals surface area contributed by atoms with Gasteiger partial charge in [-0.15, -0.1) is 0 Å². The van der Waals surface area contributed by atoms with Crippen molar-refractivity contribution in [3.05, 3.63) is 34.9 Å². The fourth-order valence-corrected chi connectivity index (χ4v) is 5.03. The lowest BCUT2D eigenvalue weighted by atomic mass is 9.80. The first-order valence-corrected chi connectivity index (χ1v) is 10.9. The highest BCUT2D eigenvalue weighted by molar-refractivity contribution is 5.85. The van der Waals surface area contributed by atoms with Crippen molar-refractivity contribution in [1.82, 2.24) is 30.2 Å². The number of carbonyl (C=O) groups is 2. The van der Waals surface area contributed by atoms with Crippen LogP contribution in [0.25, 0.3) is 0 Å². The van der Waals surface area contributed by atoms with E-state index in [1.807, 2.05) is 26.5 Å². The predicted octanol–water partition coefficient (Wildman–Crippen LogP) is 2.08. The Morgan fingerprint density at radius 1 is 0.867 bits per heavy atom. The van der Waals surface area contributed by atoms with E-state index in [9.17, 15) is 9.59 Å². The summed E-state index contributed by atoms with van der Waals surface area (Å²) in [5, 5.41) is 14.3. The quantitative estimate of drug-likeness (QED) is 0.786. The molecule has 0 aromatic carbocycles. The number of hydrogen-bond donors (Lipinski definition) is 2. The molecule has 8 heteroatoms. The minimum atomic E-state index is -0.177. The van der Waals surface area contributed by atoms with Crippen LogP contribution in [0.4, 0.5) is 0 Å². The molecule has 0 aliphatic heterocycles. The molecule has 0 saturated carbocycles. The molecule has 2 aromatic rings. The maximum absolute atomic E-state index is 13.1. The molecule has 0 bridgehead atoms. The van der Waals surface area contributed by atoms with Crippen LogP contribution >= 0.6 is 0 Å². The Labute approximate surface area is 177 Å². The summed E-state index contributed by atoms with van der Waals surface area (Å²) in [4.78, 5) is 29.7. The van der Waals surface area contributed by atoms with Crippen LogP contribution in [-0.2, 0) is 22.4 Å². The third-order valence-electron chi connectivity index (χ3n) is 6.73. The molecular formula is C22H32N6O2. The number of amides is 2. The molecule has 162 valence electrons. The Kier molecular flexibility index (Phi) is 5.66. The second kappa shape index (κ2) is 8.24. The number of fused-ring (bicyclic) bond motifs is 2. The van der Waals surface area contributed by atoms with Crippen LogP contribution < -0.4 is 0 Å². The zero-order valence-corrected chi connectivity index (χ0v) is 18.3. The second-order valence-electron chi connectivity index (χ2n) is 9.33. The number of aromatic amines is 2. The third-order valence-corrected chi connectivity index (χ3v) is 6.73. The number of H-pyrrole nitrogens is 2. The maximum atomic E-state index is 13.1. The van der Waals surface area contributed by atoms with Gasteiger partial charge in [0.15, 0.2) is 0 Å². The monoisotopic (exact) mass is 412 g/mol. The summed E-state index contributed by atoms with van der Waals surface area (Å²) in [6.45, 7) is 5.37. The van der Waals surface area contributed by atoms with Gasteiger partial charge in [-0.1, -0.05) is 13.8 Å². The largest absolute Gasteiger partial charge is 0.343 e. The highest BCUT2D eigenvalue weighted by atomic mass is 16.2. The van der Waals surface area contributed by atoms with Gasteiger partial charge in [0, 0.05) is 27.2 Å². The Balaban J connectivity index is 1.37. The number of nitrogens with zero attached hydrogens (tertiary/aromatic N) is 4. The fraction of sp³-hybridized carbons (Fsp3) is 0.636. The molecule has 4 unspecified atom stereocenters. The molecule has 2 N–H and O–H groups in total. The van der Waals surface area contributed by atoms with Gasteiger partial charge in [-0.05, 0) is 48.6 Å². The van der Waals surface area contributed by atoms with Crippen LogP contribution in [0.2, 0.25) is 0 Å². The number of aromatic nitrogens is 4. The van der Waals surface area contributed by atoms with Crippen molar-refractivity contribution in [1.29, 1.82) is 0 Å². The average Bonchev–Trinajstić information content (AvgIpc) is 3.38. The van der Waals surface area contributed by atoms with Crippen LogP contribution in [0, 0.1) is 11.8 Å². The molecule has 2 heterocycles. The zero-order chi connectivity index (χ0) is 21.4. The van der Waals surface area contributed by atoms with Crippen molar-refractivity contribution in [2.24, 2.45) is 11.8 Å². The van der Waals surface area contributed by atoms with E-state index >= 15 is 0 Å². The van der Waals surface area contributed by atoms with Gasteiger partial charge in [-0.2, -0.15) is 10.2 Å². The lowest BCUT2D eigenvalue weighted by Gasteiger charge is -2.32. The third kappa shape index (κ3) is 3.87. The van der Waals surface area contributed by atoms with E-state index in [4.69, 9.17) is 0 Å². The first-order valence-electron chi connectivity index (χ1n) is 10.9. The van der Waals surface area contributed by atoms with Crippen molar-refractivity contribution < 1.29 is 9.59 Å². The lowest BCUT2D eigenvalue weighted by molar-refractivity contribution is -0.135. The van der Waals surface area contributed by atoms with Gasteiger partial charge in [-0.3, -0.25) is 19.8 Å². The molecular weight excluding hydrogens is 380 g/mol. The van der Waals surface area contributed by atoms with Gasteiger partial charge in [0.2, 0.25) is 11.8 Å². The van der Waals surface area contributed by atoms with Crippen LogP contribution in [0.1, 0.15) is 61.0 Å². The van der Waals surface area contributed by atoms with Crippen LogP contribution in [0.3, 0.4) is 0 Å². The smallest absolute Gasteiger partial charge is 0.231 e. The van der Waals surface area contributed by atoms with E-state index in [1.165, 1.54) is 0 Å². The minimum absolute atomic E-state index is 0.0926. The van der Waals surface area contributed by atoms with Crippen LogP contribution in [0.15, 0.2) is 12.4 Å². The van der Waals surface area contributed by atoms with Crippen molar-refractivity contribution in [3.63, 3.8) is 0 Å². The molecule has 2 aliphatic carbocycles. The fourth-order valence-electron chi connectivity index (χ4n) is 5.03. The molecule has 4 rings (SSSR count). The molecule has 2 aromatic heterocycles. The van der Waals surface area contributed by atoms with Crippen molar-refractivity contribution in [2.45, 2.75) is 51.4 Å². The van der Waals surface area contributed by atoms with Gasteiger partial charge in [0.25, 0.3) is 0 Å². The molecule has 30 heavy (non-hydrogen) atoms. The van der Waals surface area contributed by atoms with E-state index in [-0.39, 0.29) is 23.7 Å². The molecule has 0 radical (unpaired) electrons. The summed E-state index contributed by atoms with van der Waals surface area (Å²) in [6, 6.07) is 0. The summed E-state index contributed by atoms with van der Waals surface area (Å²) < 4.78 is 0. The normalized spacial score (nSPS) is 25.3. The Morgan fingerprint density at radius 3 is 1.67 bits per heavy atom. The standard InChI is InChI=1S/C22H32N6O2/c1-13-7-15-11-23-25-19(15)17(9-13)21(29)27(3)5-6-28(4)22(30)18-10-14(2)8-16-12-24-26-20(16)18/h11-14,17-18H,5-10H2,1-4H3,(H,23,25)(H,24,26). The SMILES string of the molecule is CC1Cc2cn[nH]c2C(C(=O)N(C)CCN(C)C(=O)C2CC(C)Cc3cn[nH]c32)C1. The van der Waals surface area contributed by atoms with Gasteiger partial charge in [0.1, 0.15) is 0 Å². The molecule has 2 amide bonds. The predicted molar refractivity (Wildman–Crippen MR) is 113 cm³/mol. The topological polar surface area (TPSA) is 98.0 Å². The van der Waals surface area contributed by atoms with Crippen LogP contribution in [0.5, 0.6) is 0 Å². The van der Waals surface area contributed by atoms with Crippen molar-refractivity contribution in [2.75, 3.05) is 27.2 Å². The summed E-state index contributed by atoms with van der Waals surface area (Å²) in [6.07, 6.45) is 7.27. The van der Waals surface area contributed by atoms with E-state index in [0.717, 1.165) is 48.2 Å². The summed E-state index contributed by atoms with van der Waals surface area (Å²) in [5.41, 5.74) is 4.21. The molecule has 0 fully saturated rings. The Morgan fingerprint density at radius 2 is 1.27 bits per heavy atom. The second-order valence-corrected chi connectivity index (χ2v) is 9.33. The molecule has 8 nitrogen and oxygen atoms in total. The van der Waals surface area contributed by atoms with E-state index in [2.05, 4.69) is 34.2 Å². The van der Waals surface area contributed by atoms with E-state index in [1.54, 1.807) is 9.80 Å². The summed E-state index contributed by atoms with van der Waals surface area (Å²) in [7, 11) is 3.65. The van der Waals surface area contributed by atoms with Gasteiger partial charge in [-0.25, -0.2) is 0 Å². The molecule has 0 saturated heterocycles. The van der Waals surface area contributed by atoms with Crippen LogP contribution in [-0.4, -0.2) is 69.2 Å². The number of likely N-dealkylation sites (N-methyl/N-ethyl adjacent to an activating group) is 2. The minimum Gasteiger partial charge on any atom is -0.343 e. The van der Waals surface area contributed by atoms with E-state index in [0.29, 0.717) is 24.9 Å². The van der Waals surface area contributed by atoms with Crippen molar-refractivity contribution in [3.8, 4) is 0 Å². The lowest BCUT2D eigenvalue weighted by Crippen LogP contribution is -2.42. The number of rotatable bonds is 5. The van der Waals surface area contributed by atoms with Gasteiger partial charge in [0.05, 0.1) is 35.6 Å². The molecule has 4 atom stereocenters.